The summed E-state index contributed by atoms with van der Waals surface area (Å²) < 4.78 is 0. The van der Waals surface area contributed by atoms with Crippen molar-refractivity contribution in [2.75, 3.05) is 26.7 Å². The van der Waals surface area contributed by atoms with Crippen LogP contribution >= 0.6 is 0 Å². The van der Waals surface area contributed by atoms with Crippen LogP contribution in [0.25, 0.3) is 0 Å². The largest absolute Gasteiger partial charge is 0.481 e. The Morgan fingerprint density at radius 2 is 2.00 bits per heavy atom. The second-order valence-electron chi connectivity index (χ2n) is 6.40. The number of amides is 2. The van der Waals surface area contributed by atoms with Crippen LogP contribution in [0, 0.1) is 5.92 Å². The number of hydrogen-bond donors (Lipinski definition) is 2. The molecule has 3 unspecified atom stereocenters. The van der Waals surface area contributed by atoms with E-state index in [1.165, 1.54) is 12.8 Å². The minimum atomic E-state index is -0.770. The Bertz CT molecular complexity index is 388. The van der Waals surface area contributed by atoms with Gasteiger partial charge in [0.05, 0.1) is 5.92 Å². The zero-order valence-corrected chi connectivity index (χ0v) is 13.0. The molecule has 6 nitrogen and oxygen atoms in total. The summed E-state index contributed by atoms with van der Waals surface area (Å²) in [6.45, 7) is 3.88. The zero-order chi connectivity index (χ0) is 15.4. The molecule has 0 spiro atoms. The average molecular weight is 297 g/mol. The van der Waals surface area contributed by atoms with Crippen LogP contribution in [0.15, 0.2) is 0 Å². The predicted molar refractivity (Wildman–Crippen MR) is 80.2 cm³/mol. The molecule has 2 saturated heterocycles. The van der Waals surface area contributed by atoms with Crippen LogP contribution in [0.1, 0.15) is 39.0 Å². The van der Waals surface area contributed by atoms with Crippen LogP contribution in [0.5, 0.6) is 0 Å². The van der Waals surface area contributed by atoms with Crippen LogP contribution < -0.4 is 5.32 Å². The third-order valence-electron chi connectivity index (χ3n) is 4.95. The number of nitrogens with zero attached hydrogens (tertiary/aromatic N) is 2. The van der Waals surface area contributed by atoms with Crippen molar-refractivity contribution in [3.05, 3.63) is 0 Å². The van der Waals surface area contributed by atoms with Gasteiger partial charge in [-0.15, -0.1) is 0 Å². The molecule has 2 heterocycles. The maximum Gasteiger partial charge on any atom is 0.317 e. The van der Waals surface area contributed by atoms with E-state index in [-0.39, 0.29) is 11.9 Å². The number of likely N-dealkylation sites (tertiary alicyclic amines) is 1. The molecule has 0 aromatic rings. The van der Waals surface area contributed by atoms with Crippen LogP contribution in [-0.4, -0.2) is 65.7 Å². The molecule has 2 amide bonds. The first-order valence-electron chi connectivity index (χ1n) is 7.96. The van der Waals surface area contributed by atoms with Gasteiger partial charge >= 0.3 is 12.0 Å². The van der Waals surface area contributed by atoms with E-state index in [0.29, 0.717) is 31.5 Å². The van der Waals surface area contributed by atoms with Crippen molar-refractivity contribution in [2.24, 2.45) is 5.92 Å². The normalized spacial score (nSPS) is 27.2. The number of aliphatic carboxylic acids is 1. The monoisotopic (exact) mass is 297 g/mol. The highest BCUT2D eigenvalue weighted by molar-refractivity contribution is 5.74. The second kappa shape index (κ2) is 7.11. The predicted octanol–water partition coefficient (Wildman–Crippen LogP) is 1.37. The van der Waals surface area contributed by atoms with Crippen molar-refractivity contribution in [1.29, 1.82) is 0 Å². The first-order valence-corrected chi connectivity index (χ1v) is 7.96. The van der Waals surface area contributed by atoms with Crippen molar-refractivity contribution in [3.8, 4) is 0 Å². The highest BCUT2D eigenvalue weighted by Crippen LogP contribution is 2.28. The van der Waals surface area contributed by atoms with Crippen LogP contribution in [-0.2, 0) is 4.79 Å². The first-order chi connectivity index (χ1) is 9.99. The Morgan fingerprint density at radius 3 is 2.71 bits per heavy atom. The number of hydrogen-bond acceptors (Lipinski definition) is 3. The second-order valence-corrected chi connectivity index (χ2v) is 6.40. The Hall–Kier alpha value is -1.30. The molecule has 0 aromatic heterocycles. The summed E-state index contributed by atoms with van der Waals surface area (Å²) >= 11 is 0. The molecular weight excluding hydrogens is 270 g/mol. The lowest BCUT2D eigenvalue weighted by Gasteiger charge is -2.26. The lowest BCUT2D eigenvalue weighted by atomic mass is 10.1. The summed E-state index contributed by atoms with van der Waals surface area (Å²) in [7, 11) is 2.16. The van der Waals surface area contributed by atoms with Gasteiger partial charge in [0.2, 0.25) is 0 Å². The molecule has 3 atom stereocenters. The van der Waals surface area contributed by atoms with Gasteiger partial charge in [0.1, 0.15) is 0 Å². The highest BCUT2D eigenvalue weighted by atomic mass is 16.4. The molecule has 0 saturated carbocycles. The van der Waals surface area contributed by atoms with Gasteiger partial charge in [-0.25, -0.2) is 4.79 Å². The maximum absolute atomic E-state index is 12.2. The molecule has 2 N–H and O–H groups in total. The average Bonchev–Trinajstić information content (AvgIpc) is 2.67. The van der Waals surface area contributed by atoms with Gasteiger partial charge in [-0.1, -0.05) is 6.92 Å². The van der Waals surface area contributed by atoms with E-state index in [9.17, 15) is 9.59 Å². The Balaban J connectivity index is 1.70. The highest BCUT2D eigenvalue weighted by Gasteiger charge is 2.35. The van der Waals surface area contributed by atoms with E-state index in [1.807, 2.05) is 4.90 Å². The number of likely N-dealkylation sites (N-methyl/N-ethyl adjacent to an activating group) is 1. The van der Waals surface area contributed by atoms with Gasteiger partial charge in [-0.3, -0.25) is 9.69 Å². The number of nitrogens with one attached hydrogen (secondary N) is 1. The quantitative estimate of drug-likeness (QED) is 0.752. The van der Waals surface area contributed by atoms with Gasteiger partial charge < -0.3 is 15.3 Å². The number of rotatable bonds is 5. The molecular formula is C15H27N3O3. The third-order valence-corrected chi connectivity index (χ3v) is 4.95. The molecule has 21 heavy (non-hydrogen) atoms. The fraction of sp³-hybridized carbons (Fsp3) is 0.867. The van der Waals surface area contributed by atoms with Crippen molar-refractivity contribution in [2.45, 2.75) is 51.1 Å². The van der Waals surface area contributed by atoms with Crippen LogP contribution in [0.4, 0.5) is 4.79 Å². The number of carboxylic acids is 1. The van der Waals surface area contributed by atoms with E-state index in [2.05, 4.69) is 17.3 Å². The molecule has 120 valence electrons. The smallest absolute Gasteiger partial charge is 0.317 e. The number of carbonyl (C=O) groups excluding carboxylic acids is 1. The molecule has 0 radical (unpaired) electrons. The fourth-order valence-electron chi connectivity index (χ4n) is 3.33. The molecule has 2 rings (SSSR count). The number of carbonyl (C=O) groups is 2. The maximum atomic E-state index is 12.2. The lowest BCUT2D eigenvalue weighted by molar-refractivity contribution is -0.141. The fourth-order valence-corrected chi connectivity index (χ4v) is 3.33. The molecule has 2 fully saturated rings. The molecule has 2 aliphatic rings. The van der Waals surface area contributed by atoms with E-state index in [0.717, 1.165) is 19.5 Å². The Kier molecular flexibility index (Phi) is 5.45. The van der Waals surface area contributed by atoms with Crippen LogP contribution in [0.3, 0.4) is 0 Å². The molecule has 0 aromatic carbocycles. The van der Waals surface area contributed by atoms with Crippen molar-refractivity contribution in [3.63, 3.8) is 0 Å². The van der Waals surface area contributed by atoms with Gasteiger partial charge in [-0.05, 0) is 39.2 Å². The summed E-state index contributed by atoms with van der Waals surface area (Å²) in [4.78, 5) is 27.2. The van der Waals surface area contributed by atoms with Gasteiger partial charge in [0, 0.05) is 31.7 Å². The SMILES string of the molecule is CC(CCCNC(=O)N1CCC2CCC(C1)N2C)C(=O)O. The van der Waals surface area contributed by atoms with Gasteiger partial charge in [0.15, 0.2) is 0 Å². The first kappa shape index (κ1) is 16.1. The third kappa shape index (κ3) is 4.09. The van der Waals surface area contributed by atoms with E-state index < -0.39 is 5.97 Å². The van der Waals surface area contributed by atoms with E-state index in [4.69, 9.17) is 5.11 Å². The molecule has 2 bridgehead atoms. The lowest BCUT2D eigenvalue weighted by Crippen LogP contribution is -2.45. The topological polar surface area (TPSA) is 72.9 Å². The standard InChI is InChI=1S/C15H27N3O3/c1-11(14(19)20)4-3-8-16-15(21)18-9-7-12-5-6-13(10-18)17(12)2/h11-13H,3-10H2,1-2H3,(H,16,21)(H,19,20). The van der Waals surface area contributed by atoms with Gasteiger partial charge in [-0.2, -0.15) is 0 Å². The summed E-state index contributed by atoms with van der Waals surface area (Å²) in [5.74, 6) is -1.11. The zero-order valence-electron chi connectivity index (χ0n) is 13.0. The van der Waals surface area contributed by atoms with Crippen molar-refractivity contribution >= 4 is 12.0 Å². The van der Waals surface area contributed by atoms with Crippen molar-refractivity contribution < 1.29 is 14.7 Å². The van der Waals surface area contributed by atoms with E-state index in [1.54, 1.807) is 6.92 Å². The van der Waals surface area contributed by atoms with E-state index >= 15 is 0 Å². The summed E-state index contributed by atoms with van der Waals surface area (Å²) in [6, 6.07) is 1.12. The minimum absolute atomic E-state index is 0.000993. The summed E-state index contributed by atoms with van der Waals surface area (Å²) in [5, 5.41) is 11.7. The number of carboxylic acid groups (broad SMARTS) is 1. The Labute approximate surface area is 126 Å². The minimum Gasteiger partial charge on any atom is -0.481 e. The molecule has 6 heteroatoms. The molecule has 2 aliphatic heterocycles. The number of urea groups is 1. The van der Waals surface area contributed by atoms with Crippen LogP contribution in [0.2, 0.25) is 0 Å². The summed E-state index contributed by atoms with van der Waals surface area (Å²) in [5.41, 5.74) is 0. The Morgan fingerprint density at radius 1 is 1.29 bits per heavy atom. The number of fused-ring (bicyclic) bond motifs is 2. The molecule has 0 aliphatic carbocycles. The van der Waals surface area contributed by atoms with Gasteiger partial charge in [0.25, 0.3) is 0 Å². The van der Waals surface area contributed by atoms with Crippen molar-refractivity contribution in [1.82, 2.24) is 15.1 Å². The summed E-state index contributed by atoms with van der Waals surface area (Å²) in [6.07, 6.45) is 4.79.